The highest BCUT2D eigenvalue weighted by molar-refractivity contribution is 7.20. The van der Waals surface area contributed by atoms with Crippen molar-refractivity contribution in [3.8, 4) is 11.3 Å². The Labute approximate surface area is 171 Å². The summed E-state index contributed by atoms with van der Waals surface area (Å²) < 4.78 is 21.1. The van der Waals surface area contributed by atoms with Crippen molar-refractivity contribution in [3.05, 3.63) is 41.0 Å². The van der Waals surface area contributed by atoms with Gasteiger partial charge in [-0.15, -0.1) is 11.3 Å². The number of hydrogen-bond donors (Lipinski definition) is 0. The molecule has 152 valence electrons. The topological polar surface area (TPSA) is 64.4 Å². The van der Waals surface area contributed by atoms with Crippen molar-refractivity contribution in [2.24, 2.45) is 13.0 Å². The van der Waals surface area contributed by atoms with Gasteiger partial charge in [0, 0.05) is 31.1 Å². The number of amides is 1. The van der Waals surface area contributed by atoms with Crippen molar-refractivity contribution in [1.29, 1.82) is 0 Å². The molecule has 0 spiro atoms. The minimum atomic E-state index is -0.347. The van der Waals surface area contributed by atoms with Crippen LogP contribution in [0.2, 0.25) is 0 Å². The number of esters is 1. The fourth-order valence-electron chi connectivity index (χ4n) is 3.77. The Kier molecular flexibility index (Phi) is 5.36. The first kappa shape index (κ1) is 19.6. The minimum Gasteiger partial charge on any atom is -0.466 e. The van der Waals surface area contributed by atoms with Gasteiger partial charge in [0.15, 0.2) is 0 Å². The van der Waals surface area contributed by atoms with E-state index in [0.29, 0.717) is 35.8 Å². The van der Waals surface area contributed by atoms with E-state index in [4.69, 9.17) is 4.74 Å². The van der Waals surface area contributed by atoms with Crippen LogP contribution in [0.4, 0.5) is 4.39 Å². The van der Waals surface area contributed by atoms with Crippen LogP contribution >= 0.6 is 11.3 Å². The van der Waals surface area contributed by atoms with E-state index in [1.165, 1.54) is 17.4 Å². The molecule has 2 aromatic heterocycles. The molecule has 3 heterocycles. The van der Waals surface area contributed by atoms with Crippen LogP contribution in [0.3, 0.4) is 0 Å². The second-order valence-electron chi connectivity index (χ2n) is 7.12. The third kappa shape index (κ3) is 3.64. The highest BCUT2D eigenvalue weighted by Crippen LogP contribution is 2.35. The van der Waals surface area contributed by atoms with Crippen molar-refractivity contribution in [3.63, 3.8) is 0 Å². The Balaban J connectivity index is 1.63. The normalized spacial score (nSPS) is 16.9. The van der Waals surface area contributed by atoms with E-state index in [2.05, 4.69) is 5.10 Å². The maximum Gasteiger partial charge on any atom is 0.310 e. The summed E-state index contributed by atoms with van der Waals surface area (Å²) in [5.41, 5.74) is 0.939. The third-order valence-corrected chi connectivity index (χ3v) is 6.37. The monoisotopic (exact) mass is 415 g/mol. The fourth-order valence-corrected chi connectivity index (χ4v) is 4.81. The number of aromatic nitrogens is 2. The molecule has 0 aliphatic carbocycles. The molecule has 1 atom stereocenters. The van der Waals surface area contributed by atoms with E-state index in [1.807, 2.05) is 0 Å². The summed E-state index contributed by atoms with van der Waals surface area (Å²) in [5.74, 6) is -0.982. The summed E-state index contributed by atoms with van der Waals surface area (Å²) >= 11 is 1.34. The second-order valence-corrected chi connectivity index (χ2v) is 8.15. The molecule has 3 aromatic rings. The van der Waals surface area contributed by atoms with E-state index >= 15 is 0 Å². The largest absolute Gasteiger partial charge is 0.466 e. The highest BCUT2D eigenvalue weighted by Gasteiger charge is 2.31. The summed E-state index contributed by atoms with van der Waals surface area (Å²) in [6.45, 7) is 3.10. The number of likely N-dealkylation sites (tertiary alicyclic amines) is 1. The molecule has 1 aliphatic rings. The molecule has 0 radical (unpaired) electrons. The molecule has 4 rings (SSSR count). The van der Waals surface area contributed by atoms with Crippen LogP contribution in [-0.2, 0) is 16.6 Å². The van der Waals surface area contributed by atoms with Crippen LogP contribution in [0.1, 0.15) is 29.4 Å². The maximum absolute atomic E-state index is 14.3. The van der Waals surface area contributed by atoms with Crippen LogP contribution in [0.25, 0.3) is 21.5 Å². The molecule has 1 aromatic carbocycles. The Hall–Kier alpha value is -2.74. The fraction of sp³-hybridized carbons (Fsp3) is 0.381. The molecule has 0 bridgehead atoms. The zero-order chi connectivity index (χ0) is 20.5. The first-order valence-electron chi connectivity index (χ1n) is 9.67. The van der Waals surface area contributed by atoms with Gasteiger partial charge < -0.3 is 9.64 Å². The maximum atomic E-state index is 14.3. The van der Waals surface area contributed by atoms with E-state index in [1.54, 1.807) is 47.8 Å². The number of ether oxygens (including phenoxy) is 1. The van der Waals surface area contributed by atoms with Crippen molar-refractivity contribution in [2.45, 2.75) is 19.8 Å². The Bertz CT molecular complexity index is 1070. The lowest BCUT2D eigenvalue weighted by Crippen LogP contribution is -2.42. The molecule has 1 amide bonds. The molecule has 0 N–H and O–H groups in total. The van der Waals surface area contributed by atoms with Gasteiger partial charge in [-0.1, -0.05) is 12.1 Å². The van der Waals surface area contributed by atoms with Crippen molar-refractivity contribution in [2.75, 3.05) is 19.7 Å². The average Bonchev–Trinajstić information content (AvgIpc) is 3.29. The van der Waals surface area contributed by atoms with Gasteiger partial charge in [0.2, 0.25) is 0 Å². The lowest BCUT2D eigenvalue weighted by atomic mass is 9.98. The minimum absolute atomic E-state index is 0.111. The van der Waals surface area contributed by atoms with E-state index < -0.39 is 0 Å². The van der Waals surface area contributed by atoms with Crippen LogP contribution in [-0.4, -0.2) is 46.3 Å². The number of carbonyl (C=O) groups is 2. The van der Waals surface area contributed by atoms with Crippen LogP contribution < -0.4 is 0 Å². The van der Waals surface area contributed by atoms with Gasteiger partial charge in [-0.25, -0.2) is 4.39 Å². The van der Waals surface area contributed by atoms with E-state index in [0.717, 1.165) is 23.1 Å². The molecule has 1 fully saturated rings. The number of thiophene rings is 1. The average molecular weight is 415 g/mol. The smallest absolute Gasteiger partial charge is 0.310 e. The highest BCUT2D eigenvalue weighted by atomic mass is 32.1. The summed E-state index contributed by atoms with van der Waals surface area (Å²) in [4.78, 5) is 28.3. The predicted octanol–water partition coefficient (Wildman–Crippen LogP) is 3.86. The Morgan fingerprint density at radius 3 is 2.90 bits per heavy atom. The number of rotatable bonds is 4. The molecule has 6 nitrogen and oxygen atoms in total. The van der Waals surface area contributed by atoms with E-state index in [9.17, 15) is 14.0 Å². The van der Waals surface area contributed by atoms with Crippen LogP contribution in [0.15, 0.2) is 30.3 Å². The molecule has 29 heavy (non-hydrogen) atoms. The molecular formula is C21H22FN3O3S. The molecule has 1 aliphatic heterocycles. The van der Waals surface area contributed by atoms with Gasteiger partial charge in [-0.2, -0.15) is 5.10 Å². The van der Waals surface area contributed by atoms with Crippen LogP contribution in [0.5, 0.6) is 0 Å². The number of hydrogen-bond acceptors (Lipinski definition) is 5. The van der Waals surface area contributed by atoms with Gasteiger partial charge in [0.25, 0.3) is 5.91 Å². The van der Waals surface area contributed by atoms with Gasteiger partial charge in [0.1, 0.15) is 16.3 Å². The zero-order valence-corrected chi connectivity index (χ0v) is 17.2. The summed E-state index contributed by atoms with van der Waals surface area (Å²) in [6.07, 6.45) is 1.50. The summed E-state index contributed by atoms with van der Waals surface area (Å²) in [6, 6.07) is 8.27. The second kappa shape index (κ2) is 7.94. The Morgan fingerprint density at radius 1 is 1.34 bits per heavy atom. The quantitative estimate of drug-likeness (QED) is 0.607. The third-order valence-electron chi connectivity index (χ3n) is 5.18. The van der Waals surface area contributed by atoms with Gasteiger partial charge in [-0.05, 0) is 38.0 Å². The molecule has 0 saturated carbocycles. The summed E-state index contributed by atoms with van der Waals surface area (Å²) in [7, 11) is 1.79. The SMILES string of the molecule is CCOC(=O)[C@@H]1CCCN(C(=O)c2cc3c(-c4ccccc4F)nn(C)c3s2)C1. The molecule has 1 saturated heterocycles. The number of fused-ring (bicyclic) bond motifs is 1. The van der Waals surface area contributed by atoms with Crippen LogP contribution in [0, 0.1) is 11.7 Å². The van der Waals surface area contributed by atoms with Crippen molar-refractivity contribution >= 4 is 33.4 Å². The van der Waals surface area contributed by atoms with Crippen molar-refractivity contribution in [1.82, 2.24) is 14.7 Å². The number of halogens is 1. The summed E-state index contributed by atoms with van der Waals surface area (Å²) in [5, 5.41) is 5.21. The number of carbonyl (C=O) groups excluding carboxylic acids is 2. The molecular weight excluding hydrogens is 393 g/mol. The number of benzene rings is 1. The van der Waals surface area contributed by atoms with Gasteiger partial charge in [-0.3, -0.25) is 14.3 Å². The Morgan fingerprint density at radius 2 is 2.14 bits per heavy atom. The van der Waals surface area contributed by atoms with Crippen molar-refractivity contribution < 1.29 is 18.7 Å². The first-order valence-corrected chi connectivity index (χ1v) is 10.5. The zero-order valence-electron chi connectivity index (χ0n) is 16.4. The molecule has 8 heteroatoms. The predicted molar refractivity (Wildman–Crippen MR) is 109 cm³/mol. The lowest BCUT2D eigenvalue weighted by molar-refractivity contribution is -0.149. The number of nitrogens with zero attached hydrogens (tertiary/aromatic N) is 3. The first-order chi connectivity index (χ1) is 14.0. The van der Waals surface area contributed by atoms with Gasteiger partial charge in [0.05, 0.1) is 17.4 Å². The lowest BCUT2D eigenvalue weighted by Gasteiger charge is -2.31. The standard InChI is InChI=1S/C21H22FN3O3S/c1-3-28-21(27)13-7-6-10-25(12-13)19(26)17-11-15-18(23-24(2)20(15)29-17)14-8-4-5-9-16(14)22/h4-5,8-9,11,13H,3,6-7,10,12H2,1-2H3/t13-/m1/s1. The number of piperidine rings is 1. The van der Waals surface area contributed by atoms with Gasteiger partial charge >= 0.3 is 5.97 Å². The van der Waals surface area contributed by atoms with E-state index in [-0.39, 0.29) is 23.6 Å². The molecule has 0 unspecified atom stereocenters. The number of aryl methyl sites for hydroxylation is 1.